The highest BCUT2D eigenvalue weighted by Gasteiger charge is 2.26. The summed E-state index contributed by atoms with van der Waals surface area (Å²) in [4.78, 5) is 34.9. The van der Waals surface area contributed by atoms with Crippen molar-refractivity contribution in [3.8, 4) is 0 Å². The summed E-state index contributed by atoms with van der Waals surface area (Å²) in [7, 11) is -2.68. The molecule has 0 radical (unpaired) electrons. The standard InChI is InChI=1S/C42H70NO8P/c1-4-6-8-10-12-14-16-18-20-22-24-26-28-30-32-34-41(44)48-38-40(39-50-52(46,47)49-37-36-43-3)51-42(45)35-33-31-29-27-25-23-21-19-17-15-13-11-9-7-5-2/h6-9,12-15,18-21,25,27,40,43H,4-5,10-11,16-17,22-24,26,28-39H2,1-3H3,(H,46,47)/b8-6-,9-7-,14-12-,15-13-,20-18-,21-19-,27-25-. The molecule has 0 heterocycles. The molecule has 0 aromatic heterocycles. The molecule has 2 N–H and O–H groups in total. The Kier molecular flexibility index (Phi) is 35.9. The molecule has 0 aliphatic heterocycles. The number of hydrogen-bond donors (Lipinski definition) is 2. The second-order valence-electron chi connectivity index (χ2n) is 12.3. The Morgan fingerprint density at radius 3 is 1.58 bits per heavy atom. The van der Waals surface area contributed by atoms with E-state index in [0.29, 0.717) is 19.4 Å². The number of carbonyl (C=O) groups is 2. The third-order valence-electron chi connectivity index (χ3n) is 7.51. The van der Waals surface area contributed by atoms with Crippen LogP contribution in [0.5, 0.6) is 0 Å². The smallest absolute Gasteiger partial charge is 0.462 e. The Morgan fingerprint density at radius 2 is 1.04 bits per heavy atom. The molecule has 0 rings (SSSR count). The molecule has 0 aromatic rings. The summed E-state index contributed by atoms with van der Waals surface area (Å²) in [5.41, 5.74) is 0. The number of allylic oxidation sites excluding steroid dienone is 14. The van der Waals surface area contributed by atoms with Gasteiger partial charge in [-0.15, -0.1) is 0 Å². The maximum absolute atomic E-state index is 12.6. The van der Waals surface area contributed by atoms with Crippen LogP contribution in [0.1, 0.15) is 129 Å². The van der Waals surface area contributed by atoms with E-state index in [1.165, 1.54) is 0 Å². The van der Waals surface area contributed by atoms with Gasteiger partial charge in [0.2, 0.25) is 0 Å². The molecule has 2 atom stereocenters. The molecule has 0 saturated heterocycles. The van der Waals surface area contributed by atoms with E-state index in [1.54, 1.807) is 7.05 Å². The first-order chi connectivity index (χ1) is 25.3. The molecule has 0 saturated carbocycles. The lowest BCUT2D eigenvalue weighted by molar-refractivity contribution is -0.161. The SMILES string of the molecule is CC/C=C\C/C=C\C/C=C\C/C=C\CCCCC(=O)OC(COC(=O)CCCCCCC/C=C\C/C=C\C/C=C\CC)COP(=O)(O)OCCNC. The Bertz CT molecular complexity index is 1130. The Balaban J connectivity index is 4.40. The van der Waals surface area contributed by atoms with E-state index in [0.717, 1.165) is 89.9 Å². The van der Waals surface area contributed by atoms with E-state index >= 15 is 0 Å². The fourth-order valence-corrected chi connectivity index (χ4v) is 5.37. The Morgan fingerprint density at radius 1 is 0.596 bits per heavy atom. The second-order valence-corrected chi connectivity index (χ2v) is 13.8. The van der Waals surface area contributed by atoms with Crippen LogP contribution < -0.4 is 5.32 Å². The van der Waals surface area contributed by atoms with Crippen molar-refractivity contribution >= 4 is 19.8 Å². The Hall–Kier alpha value is -2.81. The van der Waals surface area contributed by atoms with Gasteiger partial charge in [-0.2, -0.15) is 0 Å². The van der Waals surface area contributed by atoms with Crippen LogP contribution in [0.25, 0.3) is 0 Å². The number of ether oxygens (including phenoxy) is 2. The van der Waals surface area contributed by atoms with Gasteiger partial charge in [0.25, 0.3) is 0 Å². The normalized spacial score (nSPS) is 14.3. The fraction of sp³-hybridized carbons (Fsp3) is 0.619. The van der Waals surface area contributed by atoms with Crippen molar-refractivity contribution in [2.45, 2.75) is 136 Å². The van der Waals surface area contributed by atoms with Crippen molar-refractivity contribution in [1.82, 2.24) is 5.32 Å². The van der Waals surface area contributed by atoms with Crippen LogP contribution in [0.2, 0.25) is 0 Å². The number of nitrogens with one attached hydrogen (secondary N) is 1. The minimum Gasteiger partial charge on any atom is -0.462 e. The summed E-state index contributed by atoms with van der Waals surface area (Å²) in [6.45, 7) is 3.89. The molecule has 0 amide bonds. The average molecular weight is 748 g/mol. The minimum atomic E-state index is -4.37. The predicted octanol–water partition coefficient (Wildman–Crippen LogP) is 10.7. The first kappa shape index (κ1) is 49.2. The zero-order chi connectivity index (χ0) is 38.2. The van der Waals surface area contributed by atoms with Crippen molar-refractivity contribution in [2.75, 3.05) is 33.4 Å². The molecule has 10 heteroatoms. The van der Waals surface area contributed by atoms with E-state index in [9.17, 15) is 19.0 Å². The monoisotopic (exact) mass is 747 g/mol. The van der Waals surface area contributed by atoms with Crippen LogP contribution in [0.15, 0.2) is 85.1 Å². The summed E-state index contributed by atoms with van der Waals surface area (Å²) in [5.74, 6) is -0.887. The highest BCUT2D eigenvalue weighted by Crippen LogP contribution is 2.43. The molecule has 9 nitrogen and oxygen atoms in total. The fourth-order valence-electron chi connectivity index (χ4n) is 4.61. The zero-order valence-corrected chi connectivity index (χ0v) is 33.4. The highest BCUT2D eigenvalue weighted by molar-refractivity contribution is 7.47. The summed E-state index contributed by atoms with van der Waals surface area (Å²) < 4.78 is 33.0. The number of phosphoric acid groups is 1. The van der Waals surface area contributed by atoms with Gasteiger partial charge in [0.15, 0.2) is 6.10 Å². The molecule has 0 aliphatic rings. The quantitative estimate of drug-likeness (QED) is 0.0282. The van der Waals surface area contributed by atoms with E-state index in [4.69, 9.17) is 18.5 Å². The van der Waals surface area contributed by atoms with Crippen LogP contribution >= 0.6 is 7.82 Å². The third-order valence-corrected chi connectivity index (χ3v) is 8.49. The number of esters is 2. The number of rotatable bonds is 35. The second kappa shape index (κ2) is 37.9. The minimum absolute atomic E-state index is 0.0330. The Labute approximate surface area is 316 Å². The van der Waals surface area contributed by atoms with Crippen LogP contribution in [0, 0.1) is 0 Å². The summed E-state index contributed by atoms with van der Waals surface area (Å²) in [6, 6.07) is 0. The van der Waals surface area contributed by atoms with Crippen molar-refractivity contribution in [3.63, 3.8) is 0 Å². The number of hydrogen-bond acceptors (Lipinski definition) is 8. The molecule has 0 spiro atoms. The average Bonchev–Trinajstić information content (AvgIpc) is 3.12. The maximum atomic E-state index is 12.6. The number of phosphoric ester groups is 1. The molecule has 2 unspecified atom stereocenters. The molecule has 296 valence electrons. The molecule has 52 heavy (non-hydrogen) atoms. The molecule has 0 bridgehead atoms. The van der Waals surface area contributed by atoms with Gasteiger partial charge in [-0.25, -0.2) is 4.57 Å². The largest absolute Gasteiger partial charge is 0.472 e. The highest BCUT2D eigenvalue weighted by atomic mass is 31.2. The van der Waals surface area contributed by atoms with Gasteiger partial charge in [-0.1, -0.05) is 118 Å². The van der Waals surface area contributed by atoms with Gasteiger partial charge in [-0.3, -0.25) is 18.6 Å². The van der Waals surface area contributed by atoms with Gasteiger partial charge in [0, 0.05) is 19.4 Å². The first-order valence-corrected chi connectivity index (χ1v) is 21.0. The van der Waals surface area contributed by atoms with Crippen molar-refractivity contribution < 1.29 is 37.6 Å². The zero-order valence-electron chi connectivity index (χ0n) is 32.5. The van der Waals surface area contributed by atoms with E-state index in [2.05, 4.69) is 104 Å². The van der Waals surface area contributed by atoms with Gasteiger partial charge in [0.05, 0.1) is 13.2 Å². The lowest BCUT2D eigenvalue weighted by atomic mass is 10.1. The van der Waals surface area contributed by atoms with Crippen LogP contribution in [0.3, 0.4) is 0 Å². The van der Waals surface area contributed by atoms with E-state index in [-0.39, 0.29) is 26.1 Å². The van der Waals surface area contributed by atoms with Crippen molar-refractivity contribution in [1.29, 1.82) is 0 Å². The third kappa shape index (κ3) is 37.0. The van der Waals surface area contributed by atoms with Gasteiger partial charge in [-0.05, 0) is 90.5 Å². The van der Waals surface area contributed by atoms with E-state index < -0.39 is 32.5 Å². The topological polar surface area (TPSA) is 120 Å². The van der Waals surface area contributed by atoms with Gasteiger partial charge < -0.3 is 19.7 Å². The summed E-state index contributed by atoms with van der Waals surface area (Å²) in [5, 5.41) is 2.81. The molecular weight excluding hydrogens is 677 g/mol. The van der Waals surface area contributed by atoms with Crippen LogP contribution in [-0.2, 0) is 32.7 Å². The lowest BCUT2D eigenvalue weighted by Crippen LogP contribution is -2.29. The summed E-state index contributed by atoms with van der Waals surface area (Å²) in [6.07, 6.45) is 44.9. The van der Waals surface area contributed by atoms with Gasteiger partial charge in [0.1, 0.15) is 6.61 Å². The number of likely N-dealkylation sites (N-methyl/N-ethyl adjacent to an activating group) is 1. The number of unbranched alkanes of at least 4 members (excludes halogenated alkanes) is 7. The predicted molar refractivity (Wildman–Crippen MR) is 215 cm³/mol. The van der Waals surface area contributed by atoms with Crippen molar-refractivity contribution in [2.24, 2.45) is 0 Å². The van der Waals surface area contributed by atoms with Crippen LogP contribution in [0.4, 0.5) is 0 Å². The molecule has 0 aromatic carbocycles. The maximum Gasteiger partial charge on any atom is 0.472 e. The summed E-state index contributed by atoms with van der Waals surface area (Å²) >= 11 is 0. The number of carbonyl (C=O) groups excluding carboxylic acids is 2. The van der Waals surface area contributed by atoms with Gasteiger partial charge >= 0.3 is 19.8 Å². The molecule has 0 aliphatic carbocycles. The first-order valence-electron chi connectivity index (χ1n) is 19.5. The lowest BCUT2D eigenvalue weighted by Gasteiger charge is -2.20. The van der Waals surface area contributed by atoms with Crippen LogP contribution in [-0.4, -0.2) is 56.3 Å². The molecular formula is C42H70NO8P. The van der Waals surface area contributed by atoms with E-state index in [1.807, 2.05) is 0 Å². The van der Waals surface area contributed by atoms with Crippen molar-refractivity contribution in [3.05, 3.63) is 85.1 Å². The molecule has 0 fully saturated rings.